The van der Waals surface area contributed by atoms with Crippen LogP contribution in [-0.4, -0.2) is 12.7 Å². The average Bonchev–Trinajstić information content (AvgIpc) is 1.65. The van der Waals surface area contributed by atoms with E-state index in [1.54, 1.807) is 6.07 Å². The second-order valence-electron chi connectivity index (χ2n) is 25.5. The molecule has 0 atom stereocenters. The molecule has 22 rings (SSSR count). The van der Waals surface area contributed by atoms with Crippen molar-refractivity contribution in [3.8, 4) is 61.4 Å². The zero-order valence-electron chi connectivity index (χ0n) is 53.8. The first-order valence-corrected chi connectivity index (χ1v) is 34.9. The van der Waals surface area contributed by atoms with E-state index in [9.17, 15) is 0 Å². The van der Waals surface area contributed by atoms with Crippen molar-refractivity contribution in [3.05, 3.63) is 311 Å². The van der Waals surface area contributed by atoms with Gasteiger partial charge in [0.25, 0.3) is 0 Å². The molecule has 102 heavy (non-hydrogen) atoms. The van der Waals surface area contributed by atoms with Gasteiger partial charge in [-0.05, 0) is 201 Å². The molecule has 0 saturated heterocycles. The number of allylic oxidation sites excluding steroid dienone is 2. The fraction of sp³-hybridized carbons (Fsp3) is 0. The monoisotopic (exact) mass is 1440 g/mol. The summed E-state index contributed by atoms with van der Waals surface area (Å²) in [5, 5.41) is 22.6. The molecule has 1 radical (unpaired) electrons. The van der Waals surface area contributed by atoms with Crippen molar-refractivity contribution in [2.24, 2.45) is 0 Å². The lowest BCUT2D eigenvalue weighted by atomic mass is 9.97. The van der Waals surface area contributed by atoms with Crippen LogP contribution in [0.3, 0.4) is 0 Å². The van der Waals surface area contributed by atoms with E-state index >= 15 is 0 Å². The Bertz CT molecular complexity index is 6790. The van der Waals surface area contributed by atoms with Crippen LogP contribution < -0.4 is 4.65 Å². The van der Waals surface area contributed by atoms with E-state index in [-0.39, 0.29) is 0 Å². The fourth-order valence-corrected chi connectivity index (χ4v) is 15.4. The van der Waals surface area contributed by atoms with E-state index in [2.05, 4.69) is 232 Å². The molecule has 0 spiro atoms. The molecule has 7 heterocycles. The van der Waals surface area contributed by atoms with Crippen LogP contribution in [0.2, 0.25) is 0 Å². The highest BCUT2D eigenvalue weighted by molar-refractivity contribution is 9.12. The Morgan fingerprint density at radius 2 is 0.569 bits per heavy atom. The van der Waals surface area contributed by atoms with Crippen LogP contribution in [0.5, 0.6) is 5.75 Å². The van der Waals surface area contributed by atoms with Crippen molar-refractivity contribution < 1.29 is 40.6 Å². The maximum atomic E-state index is 8.78. The highest BCUT2D eigenvalue weighted by Crippen LogP contribution is 2.46. The van der Waals surface area contributed by atoms with Gasteiger partial charge in [-0.15, -0.1) is 0 Å². The lowest BCUT2D eigenvalue weighted by Crippen LogP contribution is -1.98. The maximum absolute atomic E-state index is 8.78. The minimum Gasteiger partial charge on any atom is -0.537 e. The smallest absolute Gasteiger partial charge is 0.537 e. The van der Waals surface area contributed by atoms with Gasteiger partial charge >= 0.3 is 13.4 Å². The Hall–Kier alpha value is -12.4. The summed E-state index contributed by atoms with van der Waals surface area (Å²) in [6.07, 6.45) is 7.10. The molecule has 0 fully saturated rings. The van der Waals surface area contributed by atoms with Gasteiger partial charge in [-0.1, -0.05) is 149 Å². The lowest BCUT2D eigenvalue weighted by molar-refractivity contribution is 0.454. The van der Waals surface area contributed by atoms with Crippen molar-refractivity contribution in [1.29, 1.82) is 0 Å². The molecule has 0 unspecified atom stereocenters. The maximum Gasteiger partial charge on any atom is 0.569 e. The predicted molar refractivity (Wildman–Crippen MR) is 420 cm³/mol. The molecule has 12 heteroatoms. The minimum absolute atomic E-state index is 0.572. The molecular weight excluding hydrogens is 1400 g/mol. The summed E-state index contributed by atoms with van der Waals surface area (Å²) in [7, 11) is 0.679. The summed E-state index contributed by atoms with van der Waals surface area (Å²) in [6, 6.07) is 95.6. The Morgan fingerprint density at radius 1 is 0.275 bits per heavy atom. The van der Waals surface area contributed by atoms with Crippen LogP contribution in [0.25, 0.3) is 204 Å². The van der Waals surface area contributed by atoms with Gasteiger partial charge in [0.2, 0.25) is 0 Å². The number of hydrogen-bond acceptors (Lipinski definition) is 9. The first kappa shape index (κ1) is 59.6. The standard InChI is InChI=1S/C54H30O4.C18H12BO3.C18H7Br2O2/c1-3-7-31(8-4-1)33-11-17-45-39(25-33)41-27-35(13-19-47(41)55-45)37-15-21-49-43(29-37)53-51(57-49)23-24-52-54(53)44-30-38(16-22-50(44)58-52)36-14-20-48-42(28-36)40-26-34(12-18-46(40)56-48)32-9-5-2-6-10-32;20-19-22-14-7-9-18-16(11-14)15-10-13(6-8-17(15)21-18)12-4-2-1-3-5-12;19-9-1-3-13-11(7-9)17-15(21-13)5-6-16-18(17)12-8-10(20)2-4-14(12)22-16/h1-30H;1-11,20H;1-3,5-8H/q;;+1. The Kier molecular flexibility index (Phi) is 14.0. The number of benzene rings is 14. The molecule has 14 aromatic carbocycles. The van der Waals surface area contributed by atoms with Crippen LogP contribution in [0, 0.1) is 6.08 Å². The van der Waals surface area contributed by atoms with Gasteiger partial charge in [0.1, 0.15) is 88.9 Å². The highest BCUT2D eigenvalue weighted by atomic mass is 79.9. The first-order chi connectivity index (χ1) is 50.2. The topological polar surface area (TPSA) is 121 Å². The van der Waals surface area contributed by atoms with E-state index in [1.165, 1.54) is 22.3 Å². The molecule has 0 bridgehead atoms. The van der Waals surface area contributed by atoms with Crippen LogP contribution in [0.15, 0.2) is 325 Å². The molecule has 1 aliphatic carbocycles. The van der Waals surface area contributed by atoms with Crippen molar-refractivity contribution >= 4 is 188 Å². The largest absolute Gasteiger partial charge is 0.569 e. The van der Waals surface area contributed by atoms with E-state index in [0.29, 0.717) is 13.4 Å². The molecule has 9 nitrogen and oxygen atoms in total. The molecule has 7 aromatic heterocycles. The summed E-state index contributed by atoms with van der Waals surface area (Å²) in [5.41, 5.74) is 23.5. The van der Waals surface area contributed by atoms with Gasteiger partial charge in [-0.3, -0.25) is 0 Å². The number of fused-ring (bicyclic) bond motifs is 23. The quantitative estimate of drug-likeness (QED) is 0.123. The van der Waals surface area contributed by atoms with Crippen LogP contribution in [-0.2, 0) is 0 Å². The number of hydrogen-bond donors (Lipinski definition) is 1. The van der Waals surface area contributed by atoms with Crippen molar-refractivity contribution in [1.82, 2.24) is 0 Å². The summed E-state index contributed by atoms with van der Waals surface area (Å²) in [4.78, 5) is 0. The second-order valence-corrected chi connectivity index (χ2v) is 27.3. The van der Waals surface area contributed by atoms with Gasteiger partial charge in [0.05, 0.1) is 22.9 Å². The van der Waals surface area contributed by atoms with Crippen LogP contribution >= 0.6 is 31.9 Å². The SMILES string of the molecule is BrC1=Cc2c(oc3ccc4oc5ccc(Br)cc5c4c23)[C+]=C1.O[B]Oc1ccc2oc3ccc(-c4ccccc4)cc3c2c1.c1ccc(-c2ccc3oc4ccc(-c5ccc6oc7ccc8oc9ccc(-c%10ccc%11oc%12ccc(-c%13ccccc%13)cc%12c%11c%10)cc9c8c7c6c5)cc4c3c2)cc1. The predicted octanol–water partition coefficient (Wildman–Crippen LogP) is 26.7. The van der Waals surface area contributed by atoms with Gasteiger partial charge in [0, 0.05) is 79.7 Å². The molecule has 1 N–H and O–H groups in total. The van der Waals surface area contributed by atoms with Crippen molar-refractivity contribution in [2.45, 2.75) is 0 Å². The first-order valence-electron chi connectivity index (χ1n) is 33.3. The van der Waals surface area contributed by atoms with Crippen molar-refractivity contribution in [2.75, 3.05) is 0 Å². The van der Waals surface area contributed by atoms with Gasteiger partial charge < -0.3 is 40.6 Å². The van der Waals surface area contributed by atoms with E-state index in [1.807, 2.05) is 91.0 Å². The van der Waals surface area contributed by atoms with Gasteiger partial charge in [-0.2, -0.15) is 0 Å². The minimum atomic E-state index is 0.572. The molecular formula is C90H49BBr2O9+. The number of halogens is 2. The Labute approximate surface area is 597 Å². The van der Waals surface area contributed by atoms with Crippen LogP contribution in [0.1, 0.15) is 11.3 Å². The number of rotatable bonds is 7. The molecule has 21 aromatic rings. The van der Waals surface area contributed by atoms with E-state index in [0.717, 1.165) is 196 Å². The molecule has 0 amide bonds. The molecule has 1 aliphatic rings. The van der Waals surface area contributed by atoms with E-state index in [4.69, 9.17) is 40.6 Å². The number of furan rings is 7. The zero-order valence-corrected chi connectivity index (χ0v) is 56.9. The van der Waals surface area contributed by atoms with Gasteiger partial charge in [0.15, 0.2) is 5.58 Å². The Balaban J connectivity index is 0.000000128. The van der Waals surface area contributed by atoms with E-state index < -0.39 is 0 Å². The molecule has 479 valence electrons. The summed E-state index contributed by atoms with van der Waals surface area (Å²) in [6.45, 7) is 0. The second kappa shape index (κ2) is 23.9. The summed E-state index contributed by atoms with van der Waals surface area (Å²) >= 11 is 7.06. The third kappa shape index (κ3) is 10.1. The van der Waals surface area contributed by atoms with Crippen molar-refractivity contribution in [3.63, 3.8) is 0 Å². The van der Waals surface area contributed by atoms with Gasteiger partial charge in [-0.25, -0.2) is 0 Å². The highest BCUT2D eigenvalue weighted by Gasteiger charge is 2.27. The fourth-order valence-electron chi connectivity index (χ4n) is 14.7. The summed E-state index contributed by atoms with van der Waals surface area (Å²) in [5.74, 6) is 1.33. The zero-order chi connectivity index (χ0) is 67.7. The molecule has 0 aliphatic heterocycles. The van der Waals surface area contributed by atoms with Crippen LogP contribution in [0.4, 0.5) is 0 Å². The summed E-state index contributed by atoms with van der Waals surface area (Å²) < 4.78 is 50.4. The molecule has 0 saturated carbocycles. The Morgan fingerprint density at radius 3 is 0.961 bits per heavy atom. The lowest BCUT2D eigenvalue weighted by Gasteiger charge is -2.04. The average molecular weight is 1440 g/mol. The third-order valence-corrected chi connectivity index (χ3v) is 20.5. The normalized spacial score (nSPS) is 12.2. The third-order valence-electron chi connectivity index (χ3n) is 19.5.